The lowest BCUT2D eigenvalue weighted by molar-refractivity contribution is 0.241. The van der Waals surface area contributed by atoms with Gasteiger partial charge in [-0.05, 0) is 49.6 Å². The summed E-state index contributed by atoms with van der Waals surface area (Å²) in [4.78, 5) is 4.41. The van der Waals surface area contributed by atoms with Crippen molar-refractivity contribution in [3.05, 3.63) is 70.4 Å². The Morgan fingerprint density at radius 1 is 1.04 bits per heavy atom. The number of hydrogen-bond donors (Lipinski definition) is 0. The maximum atomic E-state index is 5.87. The molecule has 0 spiro atoms. The fraction of sp³-hybridized carbons (Fsp3) is 0.300. The number of rotatable bonds is 6. The van der Waals surface area contributed by atoms with Crippen LogP contribution in [0.5, 0.6) is 11.5 Å². The molecule has 5 heteroatoms. The molecular weight excluding hydrogens is 316 g/mol. The monoisotopic (exact) mass is 338 g/mol. The third-order valence-corrected chi connectivity index (χ3v) is 4.17. The van der Waals surface area contributed by atoms with Crippen molar-refractivity contribution < 1.29 is 14.0 Å². The highest BCUT2D eigenvalue weighted by Gasteiger charge is 2.12. The molecule has 0 N–H and O–H groups in total. The first kappa shape index (κ1) is 17.0. The summed E-state index contributed by atoms with van der Waals surface area (Å²) in [7, 11) is 1.65. The molecule has 0 amide bonds. The van der Waals surface area contributed by atoms with E-state index in [9.17, 15) is 0 Å². The zero-order chi connectivity index (χ0) is 17.8. The summed E-state index contributed by atoms with van der Waals surface area (Å²) in [6, 6.07) is 12.0. The van der Waals surface area contributed by atoms with Crippen molar-refractivity contribution in [1.29, 1.82) is 0 Å². The Morgan fingerprint density at radius 3 is 2.64 bits per heavy atom. The molecule has 2 aromatic carbocycles. The van der Waals surface area contributed by atoms with Gasteiger partial charge in [0.05, 0.1) is 7.11 Å². The number of para-hydroxylation sites is 1. The highest BCUT2D eigenvalue weighted by molar-refractivity contribution is 5.42. The molecule has 0 saturated carbocycles. The Hall–Kier alpha value is -2.82. The fourth-order valence-corrected chi connectivity index (χ4v) is 2.73. The van der Waals surface area contributed by atoms with Crippen LogP contribution in [-0.4, -0.2) is 17.3 Å². The molecule has 0 unspecified atom stereocenters. The van der Waals surface area contributed by atoms with E-state index < -0.39 is 0 Å². The number of benzene rings is 2. The Balaban J connectivity index is 1.68. The molecule has 0 radical (unpaired) electrons. The molecule has 0 bridgehead atoms. The van der Waals surface area contributed by atoms with Crippen LogP contribution in [0, 0.1) is 20.8 Å². The standard InChI is InChI=1S/C20H22N2O3/c1-13-9-14(2)15(3)18(10-13)24-12-20-21-19(22-25-20)11-16-7-5-6-8-17(16)23-4/h5-10H,11-12H2,1-4H3. The molecule has 25 heavy (non-hydrogen) atoms. The van der Waals surface area contributed by atoms with Crippen LogP contribution in [-0.2, 0) is 13.0 Å². The Labute approximate surface area is 147 Å². The van der Waals surface area contributed by atoms with Crippen molar-refractivity contribution in [1.82, 2.24) is 10.1 Å². The van der Waals surface area contributed by atoms with Crippen molar-refractivity contribution in [2.45, 2.75) is 33.8 Å². The van der Waals surface area contributed by atoms with Gasteiger partial charge in [-0.3, -0.25) is 0 Å². The summed E-state index contributed by atoms with van der Waals surface area (Å²) < 4.78 is 16.5. The quantitative estimate of drug-likeness (QED) is 0.675. The summed E-state index contributed by atoms with van der Waals surface area (Å²) >= 11 is 0. The number of ether oxygens (including phenoxy) is 2. The van der Waals surface area contributed by atoms with Gasteiger partial charge in [-0.1, -0.05) is 29.4 Å². The summed E-state index contributed by atoms with van der Waals surface area (Å²) in [6.45, 7) is 6.43. The first-order valence-electron chi connectivity index (χ1n) is 8.21. The van der Waals surface area contributed by atoms with Gasteiger partial charge in [-0.25, -0.2) is 0 Å². The third-order valence-electron chi connectivity index (χ3n) is 4.17. The number of aromatic nitrogens is 2. The molecule has 0 aliphatic rings. The van der Waals surface area contributed by atoms with E-state index in [1.165, 1.54) is 11.1 Å². The average molecular weight is 338 g/mol. The second kappa shape index (κ2) is 7.38. The Bertz CT molecular complexity index is 871. The smallest absolute Gasteiger partial charge is 0.264 e. The van der Waals surface area contributed by atoms with E-state index in [4.69, 9.17) is 14.0 Å². The van der Waals surface area contributed by atoms with Crippen molar-refractivity contribution in [2.75, 3.05) is 7.11 Å². The molecule has 3 rings (SSSR count). The predicted octanol–water partition coefficient (Wildman–Crippen LogP) is 4.17. The Kier molecular flexibility index (Phi) is 5.03. The lowest BCUT2D eigenvalue weighted by Crippen LogP contribution is -2.00. The van der Waals surface area contributed by atoms with Gasteiger partial charge in [0.15, 0.2) is 12.4 Å². The van der Waals surface area contributed by atoms with Gasteiger partial charge < -0.3 is 14.0 Å². The van der Waals surface area contributed by atoms with E-state index in [1.807, 2.05) is 37.3 Å². The minimum absolute atomic E-state index is 0.253. The van der Waals surface area contributed by atoms with Crippen LogP contribution in [0.15, 0.2) is 40.9 Å². The molecule has 1 heterocycles. The average Bonchev–Trinajstić information content (AvgIpc) is 3.04. The lowest BCUT2D eigenvalue weighted by atomic mass is 10.1. The molecule has 3 aromatic rings. The number of methoxy groups -OCH3 is 1. The Morgan fingerprint density at radius 2 is 1.84 bits per heavy atom. The maximum Gasteiger partial charge on any atom is 0.264 e. The summed E-state index contributed by atoms with van der Waals surface area (Å²) in [5.74, 6) is 2.74. The molecular formula is C20H22N2O3. The maximum absolute atomic E-state index is 5.87. The van der Waals surface area contributed by atoms with Gasteiger partial charge in [0.1, 0.15) is 11.5 Å². The van der Waals surface area contributed by atoms with Gasteiger partial charge in [0, 0.05) is 12.0 Å². The van der Waals surface area contributed by atoms with Crippen LogP contribution in [0.25, 0.3) is 0 Å². The highest BCUT2D eigenvalue weighted by Crippen LogP contribution is 2.24. The summed E-state index contributed by atoms with van der Waals surface area (Å²) in [5.41, 5.74) is 4.51. The van der Waals surface area contributed by atoms with Crippen LogP contribution in [0.4, 0.5) is 0 Å². The van der Waals surface area contributed by atoms with Gasteiger partial charge in [0.25, 0.3) is 5.89 Å². The summed E-state index contributed by atoms with van der Waals surface area (Å²) in [5, 5.41) is 4.04. The molecule has 0 fully saturated rings. The number of aryl methyl sites for hydroxylation is 2. The molecule has 0 atom stereocenters. The van der Waals surface area contributed by atoms with E-state index in [1.54, 1.807) is 7.11 Å². The third kappa shape index (κ3) is 3.99. The van der Waals surface area contributed by atoms with Crippen LogP contribution >= 0.6 is 0 Å². The van der Waals surface area contributed by atoms with Gasteiger partial charge in [-0.2, -0.15) is 4.98 Å². The van der Waals surface area contributed by atoms with E-state index >= 15 is 0 Å². The molecule has 5 nitrogen and oxygen atoms in total. The van der Waals surface area contributed by atoms with Crippen molar-refractivity contribution in [3.8, 4) is 11.5 Å². The van der Waals surface area contributed by atoms with E-state index in [-0.39, 0.29) is 6.61 Å². The van der Waals surface area contributed by atoms with E-state index in [2.05, 4.69) is 30.1 Å². The molecule has 0 aliphatic heterocycles. The first-order valence-corrected chi connectivity index (χ1v) is 8.21. The molecule has 1 aromatic heterocycles. The summed E-state index contributed by atoms with van der Waals surface area (Å²) in [6.07, 6.45) is 0.552. The SMILES string of the molecule is COc1ccccc1Cc1noc(COc2cc(C)cc(C)c2C)n1. The normalized spacial score (nSPS) is 10.7. The van der Waals surface area contributed by atoms with Crippen LogP contribution < -0.4 is 9.47 Å². The molecule has 0 saturated heterocycles. The fourth-order valence-electron chi connectivity index (χ4n) is 2.73. The van der Waals surface area contributed by atoms with Gasteiger partial charge in [-0.15, -0.1) is 0 Å². The predicted molar refractivity (Wildman–Crippen MR) is 95.1 cm³/mol. The van der Waals surface area contributed by atoms with Crippen LogP contribution in [0.2, 0.25) is 0 Å². The van der Waals surface area contributed by atoms with Gasteiger partial charge >= 0.3 is 0 Å². The second-order valence-corrected chi connectivity index (χ2v) is 6.09. The minimum Gasteiger partial charge on any atom is -0.496 e. The van der Waals surface area contributed by atoms with Crippen LogP contribution in [0.1, 0.15) is 34.0 Å². The second-order valence-electron chi connectivity index (χ2n) is 6.09. The van der Waals surface area contributed by atoms with Crippen molar-refractivity contribution in [2.24, 2.45) is 0 Å². The first-order chi connectivity index (χ1) is 12.1. The minimum atomic E-state index is 0.253. The zero-order valence-corrected chi connectivity index (χ0v) is 15.0. The topological polar surface area (TPSA) is 57.4 Å². The number of nitrogens with zero attached hydrogens (tertiary/aromatic N) is 2. The number of hydrogen-bond acceptors (Lipinski definition) is 5. The van der Waals surface area contributed by atoms with Gasteiger partial charge in [0.2, 0.25) is 0 Å². The van der Waals surface area contributed by atoms with Crippen molar-refractivity contribution >= 4 is 0 Å². The molecule has 0 aliphatic carbocycles. The van der Waals surface area contributed by atoms with E-state index in [0.29, 0.717) is 18.1 Å². The van der Waals surface area contributed by atoms with Crippen LogP contribution in [0.3, 0.4) is 0 Å². The van der Waals surface area contributed by atoms with E-state index in [0.717, 1.165) is 22.6 Å². The zero-order valence-electron chi connectivity index (χ0n) is 15.0. The largest absolute Gasteiger partial charge is 0.496 e. The molecule has 130 valence electrons. The highest BCUT2D eigenvalue weighted by atomic mass is 16.5. The van der Waals surface area contributed by atoms with Crippen molar-refractivity contribution in [3.63, 3.8) is 0 Å². The lowest BCUT2D eigenvalue weighted by Gasteiger charge is -2.10.